The van der Waals surface area contributed by atoms with Gasteiger partial charge in [-0.1, -0.05) is 35.9 Å². The van der Waals surface area contributed by atoms with Gasteiger partial charge in [0.1, 0.15) is 11.7 Å². The standard InChI is InChI=1S/C29H33ClF2N2O3/c1-33(2)26(35)22-9-8-21(17-25(22)30)37-16-11-20-18-28(20)12-14-34(15-13-28)27(36)24-10-7-19-5-3-4-6-23(19)29(24,31)32/h3-6,8-9,17,20,24H,7,10-16,18H2,1-2H3/t20-,24?/m0/s1. The number of rotatable bonds is 6. The molecule has 8 heteroatoms. The quantitative estimate of drug-likeness (QED) is 0.475. The number of piperidine rings is 1. The summed E-state index contributed by atoms with van der Waals surface area (Å²) in [4.78, 5) is 28.4. The van der Waals surface area contributed by atoms with Gasteiger partial charge in [-0.25, -0.2) is 8.78 Å². The molecule has 1 saturated carbocycles. The molecule has 1 unspecified atom stereocenters. The third kappa shape index (κ3) is 4.95. The minimum absolute atomic E-state index is 0.00978. The number of ether oxygens (including phenoxy) is 1. The minimum Gasteiger partial charge on any atom is -0.494 e. The van der Waals surface area contributed by atoms with Crippen molar-refractivity contribution >= 4 is 23.4 Å². The number of amides is 2. The second-order valence-corrected chi connectivity index (χ2v) is 11.3. The molecule has 0 radical (unpaired) electrons. The second kappa shape index (κ2) is 9.90. The fourth-order valence-electron chi connectivity index (χ4n) is 6.18. The molecule has 198 valence electrons. The van der Waals surface area contributed by atoms with E-state index in [-0.39, 0.29) is 23.3 Å². The SMILES string of the molecule is CN(C)C(=O)c1ccc(OCC[C@H]2CC23CCN(C(=O)C2CCc4ccccc4C2(F)F)CC3)cc1Cl. The summed E-state index contributed by atoms with van der Waals surface area (Å²) < 4.78 is 36.3. The topological polar surface area (TPSA) is 49.9 Å². The first-order valence-corrected chi connectivity index (χ1v) is 13.4. The molecule has 5 rings (SSSR count). The van der Waals surface area contributed by atoms with Crippen LogP contribution in [0.4, 0.5) is 8.78 Å². The van der Waals surface area contributed by atoms with E-state index in [9.17, 15) is 9.59 Å². The van der Waals surface area contributed by atoms with E-state index in [4.69, 9.17) is 16.3 Å². The Morgan fingerprint density at radius 2 is 1.86 bits per heavy atom. The molecular weight excluding hydrogens is 498 g/mol. The molecule has 2 atom stereocenters. The van der Waals surface area contributed by atoms with Crippen molar-refractivity contribution in [3.63, 3.8) is 0 Å². The summed E-state index contributed by atoms with van der Waals surface area (Å²) >= 11 is 6.27. The van der Waals surface area contributed by atoms with E-state index in [0.29, 0.717) is 53.9 Å². The second-order valence-electron chi connectivity index (χ2n) is 10.9. The summed E-state index contributed by atoms with van der Waals surface area (Å²) in [5.41, 5.74) is 1.30. The van der Waals surface area contributed by atoms with Crippen molar-refractivity contribution in [1.82, 2.24) is 9.80 Å². The van der Waals surface area contributed by atoms with E-state index in [1.807, 2.05) is 0 Å². The van der Waals surface area contributed by atoms with Gasteiger partial charge in [-0.05, 0) is 73.6 Å². The smallest absolute Gasteiger partial charge is 0.285 e. The number of halogens is 3. The Hall–Kier alpha value is -2.67. The maximum atomic E-state index is 15.2. The Balaban J connectivity index is 1.10. The number of hydrogen-bond acceptors (Lipinski definition) is 3. The predicted molar refractivity (Wildman–Crippen MR) is 138 cm³/mol. The predicted octanol–water partition coefficient (Wildman–Crippen LogP) is 5.79. The van der Waals surface area contributed by atoms with Gasteiger partial charge in [0.2, 0.25) is 5.91 Å². The highest BCUT2D eigenvalue weighted by molar-refractivity contribution is 6.34. The Labute approximate surface area is 221 Å². The van der Waals surface area contributed by atoms with Crippen molar-refractivity contribution in [2.45, 2.75) is 44.4 Å². The van der Waals surface area contributed by atoms with Gasteiger partial charge in [0.15, 0.2) is 0 Å². The molecule has 3 aliphatic rings. The van der Waals surface area contributed by atoms with Gasteiger partial charge in [0.25, 0.3) is 11.8 Å². The van der Waals surface area contributed by atoms with Gasteiger partial charge in [-0.2, -0.15) is 0 Å². The minimum atomic E-state index is -3.12. The van der Waals surface area contributed by atoms with Gasteiger partial charge in [0.05, 0.1) is 17.2 Å². The molecule has 2 amide bonds. The van der Waals surface area contributed by atoms with Crippen LogP contribution in [0, 0.1) is 17.3 Å². The highest BCUT2D eigenvalue weighted by Gasteiger charge is 2.56. The highest BCUT2D eigenvalue weighted by atomic mass is 35.5. The van der Waals surface area contributed by atoms with Crippen molar-refractivity contribution in [3.05, 3.63) is 64.2 Å². The average Bonchev–Trinajstić information content (AvgIpc) is 3.54. The molecule has 1 saturated heterocycles. The third-order valence-electron chi connectivity index (χ3n) is 8.56. The highest BCUT2D eigenvalue weighted by Crippen LogP contribution is 2.61. The molecule has 2 aliphatic carbocycles. The van der Waals surface area contributed by atoms with Crippen molar-refractivity contribution in [1.29, 1.82) is 0 Å². The monoisotopic (exact) mass is 530 g/mol. The van der Waals surface area contributed by atoms with Gasteiger partial charge in [0, 0.05) is 32.7 Å². The number of aryl methyl sites for hydroxylation is 1. The number of carbonyl (C=O) groups is 2. The van der Waals surface area contributed by atoms with Crippen LogP contribution in [0.1, 0.15) is 53.6 Å². The summed E-state index contributed by atoms with van der Waals surface area (Å²) in [6.45, 7) is 1.63. The maximum absolute atomic E-state index is 15.2. The Morgan fingerprint density at radius 3 is 2.57 bits per heavy atom. The zero-order chi connectivity index (χ0) is 26.4. The lowest BCUT2D eigenvalue weighted by molar-refractivity contribution is -0.156. The van der Waals surface area contributed by atoms with Crippen molar-refractivity contribution in [3.8, 4) is 5.75 Å². The molecule has 0 bridgehead atoms. The number of hydrogen-bond donors (Lipinski definition) is 0. The van der Waals surface area contributed by atoms with Crippen LogP contribution in [-0.2, 0) is 17.1 Å². The Morgan fingerprint density at radius 1 is 1.14 bits per heavy atom. The van der Waals surface area contributed by atoms with Crippen LogP contribution in [0.15, 0.2) is 42.5 Å². The first-order valence-electron chi connectivity index (χ1n) is 13.0. The van der Waals surface area contributed by atoms with Crippen LogP contribution in [0.3, 0.4) is 0 Å². The first-order chi connectivity index (χ1) is 17.6. The molecular formula is C29H33ClF2N2O3. The molecule has 37 heavy (non-hydrogen) atoms. The van der Waals surface area contributed by atoms with Crippen LogP contribution in [0.2, 0.25) is 5.02 Å². The van der Waals surface area contributed by atoms with E-state index in [1.54, 1.807) is 55.4 Å². The summed E-state index contributed by atoms with van der Waals surface area (Å²) in [6.07, 6.45) is 4.39. The Bertz CT molecular complexity index is 1190. The fraction of sp³-hybridized carbons (Fsp3) is 0.517. The van der Waals surface area contributed by atoms with E-state index in [2.05, 4.69) is 0 Å². The number of likely N-dealkylation sites (tertiary alicyclic amines) is 1. The van der Waals surface area contributed by atoms with Crippen LogP contribution in [-0.4, -0.2) is 55.4 Å². The Kier molecular flexibility index (Phi) is 6.94. The van der Waals surface area contributed by atoms with Gasteiger partial charge >= 0.3 is 0 Å². The fourth-order valence-corrected chi connectivity index (χ4v) is 6.43. The van der Waals surface area contributed by atoms with Crippen LogP contribution < -0.4 is 4.74 Å². The number of nitrogens with zero attached hydrogens (tertiary/aromatic N) is 2. The lowest BCUT2D eigenvalue weighted by Crippen LogP contribution is -2.48. The molecule has 1 spiro atoms. The molecule has 1 heterocycles. The zero-order valence-electron chi connectivity index (χ0n) is 21.3. The number of carbonyl (C=O) groups excluding carboxylic acids is 2. The van der Waals surface area contributed by atoms with Gasteiger partial charge in [-0.15, -0.1) is 0 Å². The summed E-state index contributed by atoms with van der Waals surface area (Å²) in [5.74, 6) is -3.81. The van der Waals surface area contributed by atoms with Gasteiger partial charge in [-0.3, -0.25) is 9.59 Å². The van der Waals surface area contributed by atoms with Crippen molar-refractivity contribution in [2.75, 3.05) is 33.8 Å². The lowest BCUT2D eigenvalue weighted by atomic mass is 9.79. The molecule has 2 fully saturated rings. The summed E-state index contributed by atoms with van der Waals surface area (Å²) in [5, 5.41) is 0.364. The number of alkyl halides is 2. The zero-order valence-corrected chi connectivity index (χ0v) is 22.1. The van der Waals surface area contributed by atoms with Crippen LogP contribution in [0.5, 0.6) is 5.75 Å². The summed E-state index contributed by atoms with van der Waals surface area (Å²) in [6, 6.07) is 11.7. The van der Waals surface area contributed by atoms with Crippen LogP contribution in [0.25, 0.3) is 0 Å². The molecule has 5 nitrogen and oxygen atoms in total. The van der Waals surface area contributed by atoms with Gasteiger partial charge < -0.3 is 14.5 Å². The first kappa shape index (κ1) is 26.0. The van der Waals surface area contributed by atoms with Crippen molar-refractivity contribution in [2.24, 2.45) is 17.3 Å². The number of fused-ring (bicyclic) bond motifs is 1. The molecule has 0 aromatic heterocycles. The van der Waals surface area contributed by atoms with E-state index in [1.165, 1.54) is 11.0 Å². The van der Waals surface area contributed by atoms with E-state index < -0.39 is 17.7 Å². The molecule has 1 aliphatic heterocycles. The molecule has 2 aromatic rings. The molecule has 0 N–H and O–H groups in total. The van der Waals surface area contributed by atoms with Crippen molar-refractivity contribution < 1.29 is 23.1 Å². The molecule has 2 aromatic carbocycles. The lowest BCUT2D eigenvalue weighted by Gasteiger charge is -2.39. The average molecular weight is 531 g/mol. The number of benzene rings is 2. The summed E-state index contributed by atoms with van der Waals surface area (Å²) in [7, 11) is 3.36. The normalized spacial score (nSPS) is 23.3. The third-order valence-corrected chi connectivity index (χ3v) is 8.87. The van der Waals surface area contributed by atoms with E-state index in [0.717, 1.165) is 25.7 Å². The largest absolute Gasteiger partial charge is 0.494 e. The van der Waals surface area contributed by atoms with E-state index >= 15 is 8.78 Å². The maximum Gasteiger partial charge on any atom is 0.285 e. The van der Waals surface area contributed by atoms with Crippen LogP contribution >= 0.6 is 11.6 Å².